The lowest BCUT2D eigenvalue weighted by atomic mass is 9.96. The Kier molecular flexibility index (Phi) is 5.08. The predicted octanol–water partition coefficient (Wildman–Crippen LogP) is 2.81. The van der Waals surface area contributed by atoms with Crippen molar-refractivity contribution in [3.8, 4) is 0 Å². The van der Waals surface area contributed by atoms with Gasteiger partial charge < -0.3 is 10.6 Å². The quantitative estimate of drug-likeness (QED) is 0.841. The first-order valence-corrected chi connectivity index (χ1v) is 9.06. The zero-order valence-electron chi connectivity index (χ0n) is 14.3. The molecule has 134 valence electrons. The SMILES string of the molecule is Cc1nc(C)n(CC2CCCN(c3cc(Br)cc(F)c3C(N)=O)C2)n1. The smallest absolute Gasteiger partial charge is 0.253 e. The second-order valence-electron chi connectivity index (χ2n) is 6.49. The lowest BCUT2D eigenvalue weighted by Crippen LogP contribution is -2.38. The van der Waals surface area contributed by atoms with Crippen molar-refractivity contribution in [3.63, 3.8) is 0 Å². The molecule has 0 bridgehead atoms. The summed E-state index contributed by atoms with van der Waals surface area (Å²) in [7, 11) is 0. The fraction of sp³-hybridized carbons (Fsp3) is 0.471. The van der Waals surface area contributed by atoms with Gasteiger partial charge in [0.25, 0.3) is 5.91 Å². The van der Waals surface area contributed by atoms with Crippen LogP contribution in [0.2, 0.25) is 0 Å². The molecule has 1 atom stereocenters. The highest BCUT2D eigenvalue weighted by Crippen LogP contribution is 2.31. The van der Waals surface area contributed by atoms with E-state index in [1.54, 1.807) is 6.07 Å². The summed E-state index contributed by atoms with van der Waals surface area (Å²) in [5.74, 6) is 0.652. The van der Waals surface area contributed by atoms with Crippen LogP contribution in [0.1, 0.15) is 34.8 Å². The molecule has 25 heavy (non-hydrogen) atoms. The number of nitrogens with two attached hydrogens (primary N) is 1. The average molecular weight is 410 g/mol. The number of primary amides is 1. The molecule has 2 heterocycles. The van der Waals surface area contributed by atoms with Crippen LogP contribution < -0.4 is 10.6 Å². The summed E-state index contributed by atoms with van der Waals surface area (Å²) in [6, 6.07) is 3.03. The van der Waals surface area contributed by atoms with Crippen molar-refractivity contribution in [1.82, 2.24) is 14.8 Å². The molecule has 1 unspecified atom stereocenters. The molecule has 1 aliphatic rings. The zero-order chi connectivity index (χ0) is 18.1. The molecule has 8 heteroatoms. The first-order chi connectivity index (χ1) is 11.8. The highest BCUT2D eigenvalue weighted by atomic mass is 79.9. The minimum absolute atomic E-state index is 0.0448. The van der Waals surface area contributed by atoms with Crippen LogP contribution in [0.25, 0.3) is 0 Å². The van der Waals surface area contributed by atoms with E-state index in [-0.39, 0.29) is 5.56 Å². The van der Waals surface area contributed by atoms with E-state index in [1.807, 2.05) is 23.4 Å². The summed E-state index contributed by atoms with van der Waals surface area (Å²) >= 11 is 3.30. The second-order valence-corrected chi connectivity index (χ2v) is 7.40. The molecule has 1 amide bonds. The van der Waals surface area contributed by atoms with Gasteiger partial charge in [0, 0.05) is 24.1 Å². The number of aryl methyl sites for hydroxylation is 2. The first kappa shape index (κ1) is 17.8. The lowest BCUT2D eigenvalue weighted by Gasteiger charge is -2.35. The van der Waals surface area contributed by atoms with Crippen LogP contribution in [0.4, 0.5) is 10.1 Å². The Bertz CT molecular complexity index is 807. The van der Waals surface area contributed by atoms with Gasteiger partial charge in [0.2, 0.25) is 0 Å². The van der Waals surface area contributed by atoms with Gasteiger partial charge in [-0.15, -0.1) is 0 Å². The van der Waals surface area contributed by atoms with Crippen molar-refractivity contribution < 1.29 is 9.18 Å². The van der Waals surface area contributed by atoms with Gasteiger partial charge >= 0.3 is 0 Å². The van der Waals surface area contributed by atoms with E-state index in [0.29, 0.717) is 22.6 Å². The number of hydrogen-bond donors (Lipinski definition) is 1. The number of nitrogens with zero attached hydrogens (tertiary/aromatic N) is 4. The van der Waals surface area contributed by atoms with Crippen LogP contribution in [-0.4, -0.2) is 33.8 Å². The standard InChI is InChI=1S/C17H21BrFN5O/c1-10-21-11(2)24(22-10)9-12-4-3-5-23(8-12)15-7-13(18)6-14(19)16(15)17(20)25/h6-7,12H,3-5,8-9H2,1-2H3,(H2,20,25). The van der Waals surface area contributed by atoms with Crippen LogP contribution >= 0.6 is 15.9 Å². The Morgan fingerprint density at radius 1 is 1.44 bits per heavy atom. The number of carbonyl (C=O) groups excluding carboxylic acids is 1. The minimum atomic E-state index is -0.745. The monoisotopic (exact) mass is 409 g/mol. The Labute approximate surface area is 154 Å². The number of halogens is 2. The fourth-order valence-corrected chi connectivity index (χ4v) is 3.88. The normalized spacial score (nSPS) is 17.8. The van der Waals surface area contributed by atoms with E-state index in [0.717, 1.165) is 37.6 Å². The van der Waals surface area contributed by atoms with Crippen molar-refractivity contribution in [2.75, 3.05) is 18.0 Å². The molecule has 1 saturated heterocycles. The molecule has 1 aliphatic heterocycles. The molecule has 6 nitrogen and oxygen atoms in total. The molecule has 2 aromatic rings. The topological polar surface area (TPSA) is 77.0 Å². The number of anilines is 1. The number of amides is 1. The van der Waals surface area contributed by atoms with Crippen molar-refractivity contribution >= 4 is 27.5 Å². The molecular weight excluding hydrogens is 389 g/mol. The highest BCUT2D eigenvalue weighted by Gasteiger charge is 2.26. The number of piperidine rings is 1. The Balaban J connectivity index is 1.84. The summed E-state index contributed by atoms with van der Waals surface area (Å²) < 4.78 is 16.7. The van der Waals surface area contributed by atoms with Crippen molar-refractivity contribution in [2.45, 2.75) is 33.2 Å². The molecule has 3 rings (SSSR count). The number of carbonyl (C=O) groups is 1. The van der Waals surface area contributed by atoms with Crippen LogP contribution in [0.3, 0.4) is 0 Å². The molecule has 0 aliphatic carbocycles. The third-order valence-electron chi connectivity index (χ3n) is 4.53. The molecule has 1 fully saturated rings. The van der Waals surface area contributed by atoms with Crippen LogP contribution in [0.5, 0.6) is 0 Å². The maximum Gasteiger partial charge on any atom is 0.253 e. The number of hydrogen-bond acceptors (Lipinski definition) is 4. The maximum absolute atomic E-state index is 14.2. The summed E-state index contributed by atoms with van der Waals surface area (Å²) in [6.07, 6.45) is 2.01. The lowest BCUT2D eigenvalue weighted by molar-refractivity contribution is 0.0997. The molecule has 2 N–H and O–H groups in total. The molecule has 0 saturated carbocycles. The molecule has 0 spiro atoms. The molecular formula is C17H21BrFN5O. The van der Waals surface area contributed by atoms with Gasteiger partial charge in [-0.05, 0) is 44.7 Å². The highest BCUT2D eigenvalue weighted by molar-refractivity contribution is 9.10. The predicted molar refractivity (Wildman–Crippen MR) is 97.1 cm³/mol. The van der Waals surface area contributed by atoms with Gasteiger partial charge in [-0.25, -0.2) is 14.1 Å². The second kappa shape index (κ2) is 7.11. The van der Waals surface area contributed by atoms with E-state index < -0.39 is 11.7 Å². The number of benzene rings is 1. The summed E-state index contributed by atoms with van der Waals surface area (Å²) in [4.78, 5) is 18.1. The largest absolute Gasteiger partial charge is 0.370 e. The van der Waals surface area contributed by atoms with E-state index in [9.17, 15) is 9.18 Å². The van der Waals surface area contributed by atoms with Gasteiger partial charge in [0.15, 0.2) is 0 Å². The van der Waals surface area contributed by atoms with Gasteiger partial charge in [0.05, 0.1) is 11.3 Å². The number of aromatic nitrogens is 3. The Morgan fingerprint density at radius 2 is 2.20 bits per heavy atom. The van der Waals surface area contributed by atoms with Crippen LogP contribution in [0, 0.1) is 25.6 Å². The van der Waals surface area contributed by atoms with Crippen molar-refractivity contribution in [3.05, 3.63) is 39.6 Å². The van der Waals surface area contributed by atoms with E-state index in [1.165, 1.54) is 6.07 Å². The van der Waals surface area contributed by atoms with Gasteiger partial charge in [-0.3, -0.25) is 4.79 Å². The third-order valence-corrected chi connectivity index (χ3v) is 4.99. The van der Waals surface area contributed by atoms with E-state index in [4.69, 9.17) is 5.73 Å². The third kappa shape index (κ3) is 3.84. The van der Waals surface area contributed by atoms with E-state index in [2.05, 4.69) is 26.0 Å². The van der Waals surface area contributed by atoms with Crippen molar-refractivity contribution in [2.24, 2.45) is 11.7 Å². The Morgan fingerprint density at radius 3 is 2.84 bits per heavy atom. The van der Waals surface area contributed by atoms with Gasteiger partial charge in [0.1, 0.15) is 17.5 Å². The Hall–Kier alpha value is -1.96. The van der Waals surface area contributed by atoms with Gasteiger partial charge in [-0.2, -0.15) is 5.10 Å². The van der Waals surface area contributed by atoms with Crippen LogP contribution in [0.15, 0.2) is 16.6 Å². The fourth-order valence-electron chi connectivity index (χ4n) is 3.47. The average Bonchev–Trinajstić information content (AvgIpc) is 2.84. The van der Waals surface area contributed by atoms with E-state index >= 15 is 0 Å². The number of rotatable bonds is 4. The summed E-state index contributed by atoms with van der Waals surface area (Å²) in [6.45, 7) is 6.05. The first-order valence-electron chi connectivity index (χ1n) is 8.27. The van der Waals surface area contributed by atoms with Crippen molar-refractivity contribution in [1.29, 1.82) is 0 Å². The molecule has 0 radical (unpaired) electrons. The minimum Gasteiger partial charge on any atom is -0.370 e. The zero-order valence-corrected chi connectivity index (χ0v) is 15.9. The molecule has 1 aromatic carbocycles. The summed E-state index contributed by atoms with van der Waals surface area (Å²) in [5.41, 5.74) is 5.92. The van der Waals surface area contributed by atoms with Crippen LogP contribution in [-0.2, 0) is 6.54 Å². The summed E-state index contributed by atoms with van der Waals surface area (Å²) in [5, 5.41) is 4.42. The maximum atomic E-state index is 14.2. The van der Waals surface area contributed by atoms with Gasteiger partial charge in [-0.1, -0.05) is 15.9 Å². The molecule has 1 aromatic heterocycles.